The fourth-order valence-corrected chi connectivity index (χ4v) is 11.0. The zero-order valence-corrected chi connectivity index (χ0v) is 64.4. The first-order valence-corrected chi connectivity index (χ1v) is 36.8. The lowest BCUT2D eigenvalue weighted by Gasteiger charge is -2.33. The standard InChI is InChI=1S/C67H112N24O19S2/c1-33(93)50(73)62(107)86-44(28-34-11-15-36(94)16-12-34)59(104)91-51(67(2,3)112)63(108)87-45(30-49(72)96)58(103)82-39(9-6-26-78-65(74)75)52(97)83-43(21-25-71)57(102)89-47(31-92)60(105)84-41(19-23-69)55(100)80-38(8-4-5-22-68)54(99)90-48(32-111)61(106)85-42(20-24-70)56(101)81-40(10-7-27-79-66(76)77)53(98)88-46(64(109)110)29-35-13-17-37(95)18-14-35/h11-18,33,38-48,50-51,92-95,111-112H,4-10,19-32,68-71,73H2,1-3H3,(H2,72,96)(H,80,100)(H,81,101)(H,82,103)(H,83,97)(H,84,105)(H,85,106)(H,86,107)(H,87,108)(H,88,98)(H,89,102)(H,90,99)(H,91,104)(H,109,110)(H4,74,75,78)(H4,76,77,79)/t33-,38+,39+,40+,41-,42+,43+,44+,45+,46+,47+,48+,50+,51-/m1/s1. The maximum atomic E-state index is 14.3. The van der Waals surface area contributed by atoms with Gasteiger partial charge in [0.1, 0.15) is 90.0 Å². The summed E-state index contributed by atoms with van der Waals surface area (Å²) in [6, 6.07) is -9.81. The van der Waals surface area contributed by atoms with E-state index in [0.29, 0.717) is 17.5 Å². The molecule has 0 aliphatic carbocycles. The number of aliphatic imine (C=N–C) groups is 2. The maximum absolute atomic E-state index is 14.3. The van der Waals surface area contributed by atoms with Crippen molar-refractivity contribution in [2.45, 2.75) is 194 Å². The van der Waals surface area contributed by atoms with Crippen LogP contribution in [0, 0.1) is 0 Å². The summed E-state index contributed by atoms with van der Waals surface area (Å²) in [5, 5.41) is 79.3. The van der Waals surface area contributed by atoms with Crippen LogP contribution >= 0.6 is 25.3 Å². The summed E-state index contributed by atoms with van der Waals surface area (Å²) in [7, 11) is 0. The van der Waals surface area contributed by atoms with Crippen molar-refractivity contribution < 1.29 is 92.7 Å². The van der Waals surface area contributed by atoms with E-state index < -0.39 is 191 Å². The molecule has 37 N–H and O–H groups in total. The van der Waals surface area contributed by atoms with Crippen molar-refractivity contribution in [1.29, 1.82) is 0 Å². The zero-order chi connectivity index (χ0) is 84.5. The fraction of sp³-hybridized carbons (Fsp3) is 0.582. The number of aliphatic hydroxyl groups is 2. The molecule has 0 aliphatic rings. The number of aliphatic carboxylic acids is 1. The van der Waals surface area contributed by atoms with Gasteiger partial charge in [0, 0.05) is 36.4 Å². The van der Waals surface area contributed by atoms with Gasteiger partial charge < -0.3 is 147 Å². The molecule has 0 unspecified atom stereocenters. The highest BCUT2D eigenvalue weighted by Gasteiger charge is 2.41. The molecule has 0 fully saturated rings. The van der Waals surface area contributed by atoms with Gasteiger partial charge in [-0.15, -0.1) is 0 Å². The lowest BCUT2D eigenvalue weighted by atomic mass is 9.99. The molecule has 0 saturated carbocycles. The molecule has 14 atom stereocenters. The minimum atomic E-state index is -1.91. The number of nitrogens with one attached hydrogen (secondary N) is 12. The number of unbranched alkanes of at least 4 members (excludes halogenated alkanes) is 1. The minimum Gasteiger partial charge on any atom is -0.508 e. The Hall–Kier alpha value is -10.4. The Morgan fingerprint density at radius 2 is 0.732 bits per heavy atom. The van der Waals surface area contributed by atoms with Gasteiger partial charge in [0.15, 0.2) is 11.9 Å². The molecule has 13 amide bonds. The maximum Gasteiger partial charge on any atom is 0.326 e. The van der Waals surface area contributed by atoms with Crippen LogP contribution in [-0.4, -0.2) is 261 Å². The molecule has 0 aliphatic heterocycles. The summed E-state index contributed by atoms with van der Waals surface area (Å²) in [6.45, 7) is 2.09. The van der Waals surface area contributed by atoms with Gasteiger partial charge >= 0.3 is 5.97 Å². The second kappa shape index (κ2) is 50.5. The van der Waals surface area contributed by atoms with E-state index in [1.54, 1.807) is 0 Å². The summed E-state index contributed by atoms with van der Waals surface area (Å²) >= 11 is 8.76. The Kier molecular flexibility index (Phi) is 44.0. The molecule has 2 aromatic carbocycles. The summed E-state index contributed by atoms with van der Waals surface area (Å²) in [6.07, 6.45) is -3.68. The van der Waals surface area contributed by atoms with Crippen LogP contribution in [0.25, 0.3) is 0 Å². The first-order chi connectivity index (χ1) is 52.7. The van der Waals surface area contributed by atoms with Crippen LogP contribution in [0.5, 0.6) is 11.5 Å². The number of nitrogens with zero attached hydrogens (tertiary/aromatic N) is 2. The largest absolute Gasteiger partial charge is 0.508 e. The number of hydrogen-bond acceptors (Lipinski definition) is 27. The Labute approximate surface area is 657 Å². The van der Waals surface area contributed by atoms with Gasteiger partial charge in [-0.1, -0.05) is 24.3 Å². The number of thiol groups is 2. The Bertz CT molecular complexity index is 3520. The number of carboxylic acid groups (broad SMARTS) is 1. The van der Waals surface area contributed by atoms with Gasteiger partial charge in [-0.3, -0.25) is 72.3 Å². The van der Waals surface area contributed by atoms with Crippen molar-refractivity contribution in [3.05, 3.63) is 59.7 Å². The molecular weight excluding hydrogens is 1510 g/mol. The number of carbonyl (C=O) groups excluding carboxylic acids is 13. The number of aromatic hydroxyl groups is 2. The number of phenols is 2. The number of rotatable bonds is 53. The molecule has 112 heavy (non-hydrogen) atoms. The Morgan fingerprint density at radius 1 is 0.420 bits per heavy atom. The van der Waals surface area contributed by atoms with E-state index in [2.05, 4.69) is 99.0 Å². The number of nitrogens with two attached hydrogens (primary N) is 10. The first kappa shape index (κ1) is 97.7. The third-order valence-electron chi connectivity index (χ3n) is 16.7. The van der Waals surface area contributed by atoms with Crippen molar-refractivity contribution in [3.8, 4) is 11.5 Å². The first-order valence-electron chi connectivity index (χ1n) is 35.7. The predicted molar refractivity (Wildman–Crippen MR) is 416 cm³/mol. The van der Waals surface area contributed by atoms with E-state index in [1.165, 1.54) is 69.3 Å². The topological polar surface area (TPSA) is 769 Å². The number of hydrogen-bond donors (Lipinski definition) is 29. The number of carboxylic acids is 1. The molecular formula is C67H112N24O19S2. The molecule has 0 spiro atoms. The van der Waals surface area contributed by atoms with Gasteiger partial charge in [0.25, 0.3) is 0 Å². The summed E-state index contributed by atoms with van der Waals surface area (Å²) in [5.41, 5.74) is 57.5. The van der Waals surface area contributed by atoms with Crippen molar-refractivity contribution in [1.82, 2.24) is 63.8 Å². The van der Waals surface area contributed by atoms with Crippen LogP contribution in [-0.2, 0) is 80.0 Å². The molecule has 0 aromatic heterocycles. The van der Waals surface area contributed by atoms with Gasteiger partial charge in [0.2, 0.25) is 76.8 Å². The van der Waals surface area contributed by atoms with Crippen LogP contribution in [0.2, 0.25) is 0 Å². The van der Waals surface area contributed by atoms with Gasteiger partial charge in [-0.2, -0.15) is 25.3 Å². The number of aliphatic hydroxyl groups excluding tert-OH is 2. The third kappa shape index (κ3) is 36.2. The average molecular weight is 1620 g/mol. The summed E-state index contributed by atoms with van der Waals surface area (Å²) in [4.78, 5) is 201. The van der Waals surface area contributed by atoms with Crippen molar-refractivity contribution in [2.24, 2.45) is 67.3 Å². The monoisotopic (exact) mass is 1620 g/mol. The van der Waals surface area contributed by atoms with E-state index in [9.17, 15) is 92.7 Å². The molecule has 0 saturated heterocycles. The number of guanidine groups is 2. The van der Waals surface area contributed by atoms with E-state index in [-0.39, 0.29) is 133 Å². The molecule has 626 valence electrons. The van der Waals surface area contributed by atoms with Gasteiger partial charge in [-0.05, 0) is 147 Å². The molecule has 0 heterocycles. The average Bonchev–Trinajstić information content (AvgIpc) is 0.823. The third-order valence-corrected chi connectivity index (χ3v) is 17.4. The van der Waals surface area contributed by atoms with Crippen LogP contribution in [0.3, 0.4) is 0 Å². The van der Waals surface area contributed by atoms with Crippen LogP contribution in [0.4, 0.5) is 0 Å². The predicted octanol–water partition coefficient (Wildman–Crippen LogP) is -10.7. The van der Waals surface area contributed by atoms with Crippen LogP contribution in [0.15, 0.2) is 58.5 Å². The number of primary amides is 1. The molecule has 0 bridgehead atoms. The highest BCUT2D eigenvalue weighted by atomic mass is 32.1. The number of amides is 13. The number of benzene rings is 2. The Morgan fingerprint density at radius 3 is 1.07 bits per heavy atom. The van der Waals surface area contributed by atoms with E-state index in [1.807, 2.05) is 0 Å². The van der Waals surface area contributed by atoms with Gasteiger partial charge in [-0.25, -0.2) is 4.79 Å². The minimum absolute atomic E-state index is 0.00823. The lowest BCUT2D eigenvalue weighted by molar-refractivity contribution is -0.142. The van der Waals surface area contributed by atoms with Crippen LogP contribution < -0.4 is 121 Å². The normalized spacial score (nSPS) is 14.9. The summed E-state index contributed by atoms with van der Waals surface area (Å²) < 4.78 is -1.50. The van der Waals surface area contributed by atoms with E-state index in [4.69, 9.17) is 57.3 Å². The van der Waals surface area contributed by atoms with Gasteiger partial charge in [0.05, 0.1) is 19.1 Å². The van der Waals surface area contributed by atoms with E-state index >= 15 is 0 Å². The zero-order valence-electron chi connectivity index (χ0n) is 62.6. The number of phenolic OH excluding ortho intramolecular Hbond substituents is 2. The van der Waals surface area contributed by atoms with Crippen molar-refractivity contribution in [2.75, 3.05) is 51.6 Å². The molecule has 45 heteroatoms. The molecule has 0 radical (unpaired) electrons. The fourth-order valence-electron chi connectivity index (χ4n) is 10.6. The molecule has 2 aromatic rings. The van der Waals surface area contributed by atoms with E-state index in [0.717, 1.165) is 0 Å². The number of carbonyl (C=O) groups is 14. The second-order valence-corrected chi connectivity index (χ2v) is 28.1. The SMILES string of the molecule is C[C@@H](O)[C@H](N)C(=O)N[C@@H](Cc1ccc(O)cc1)C(=O)N[C@H](C(=O)N[C@@H](CC(N)=O)C(=O)N[C@@H](CCCN=C(N)N)C(=O)N[C@@H](CCN)C(=O)N[C@@H](CO)C(=O)N[C@H](CCN)C(=O)N[C@@H](CCCCN)C(=O)N[C@@H](CS)C(=O)N[C@@H](CCN)C(=O)N[C@@H](CCCN=C(N)N)C(=O)N[C@@H](Cc1ccc(O)cc1)C(=O)O)C(C)(C)S. The highest BCUT2D eigenvalue weighted by molar-refractivity contribution is 7.81. The van der Waals surface area contributed by atoms with Crippen LogP contribution in [0.1, 0.15) is 103 Å². The molecule has 43 nitrogen and oxygen atoms in total. The molecule has 2 rings (SSSR count). The smallest absolute Gasteiger partial charge is 0.326 e. The van der Waals surface area contributed by atoms with Crippen molar-refractivity contribution in [3.63, 3.8) is 0 Å². The summed E-state index contributed by atoms with van der Waals surface area (Å²) in [5.74, 6) is -16.5. The van der Waals surface area contributed by atoms with Crippen molar-refractivity contribution >= 4 is 120 Å². The second-order valence-electron chi connectivity index (χ2n) is 26.6. The lowest BCUT2D eigenvalue weighted by Crippen LogP contribution is -2.63. The quantitative estimate of drug-likeness (QED) is 0.0127. The Balaban J connectivity index is 2.41. The highest BCUT2D eigenvalue weighted by Crippen LogP contribution is 2.21.